The summed E-state index contributed by atoms with van der Waals surface area (Å²) in [5.41, 5.74) is 1.24. The Morgan fingerprint density at radius 3 is 2.15 bits per heavy atom. The van der Waals surface area contributed by atoms with Crippen LogP contribution in [0.1, 0.15) is 74.1 Å². The summed E-state index contributed by atoms with van der Waals surface area (Å²) in [4.78, 5) is 23.9. The monoisotopic (exact) mass is 384 g/mol. The van der Waals surface area contributed by atoms with E-state index in [0.717, 1.165) is 12.8 Å². The molecular weight excluding hydrogens is 344 g/mol. The van der Waals surface area contributed by atoms with Gasteiger partial charge in [-0.25, -0.2) is 0 Å². The van der Waals surface area contributed by atoms with Gasteiger partial charge in [-0.05, 0) is 43.8 Å². The highest BCUT2D eigenvalue weighted by molar-refractivity contribution is 6.74. The van der Waals surface area contributed by atoms with Crippen LogP contribution in [0.3, 0.4) is 0 Å². The van der Waals surface area contributed by atoms with E-state index in [-0.39, 0.29) is 17.4 Å². The maximum Gasteiger partial charge on any atom is 0.303 e. The van der Waals surface area contributed by atoms with E-state index in [9.17, 15) is 9.59 Å². The highest BCUT2D eigenvalue weighted by Crippen LogP contribution is 2.36. The zero-order chi connectivity index (χ0) is 20.5. The van der Waals surface area contributed by atoms with E-state index in [1.165, 1.54) is 18.9 Å². The van der Waals surface area contributed by atoms with Crippen LogP contribution in [0.5, 0.6) is 0 Å². The van der Waals surface area contributed by atoms with Crippen molar-refractivity contribution in [2.24, 2.45) is 5.92 Å². The minimum atomic E-state index is -2.00. The molecule has 0 heterocycles. The van der Waals surface area contributed by atoms with Gasteiger partial charge in [0.15, 0.2) is 20.2 Å². The quantitative estimate of drug-likeness (QED) is 0.261. The van der Waals surface area contributed by atoms with Crippen LogP contribution >= 0.6 is 0 Å². The Morgan fingerprint density at radius 2 is 1.69 bits per heavy atom. The molecule has 152 valence electrons. The molecule has 0 aromatic rings. The van der Waals surface area contributed by atoms with E-state index < -0.39 is 20.4 Å². The van der Waals surface area contributed by atoms with Gasteiger partial charge in [-0.1, -0.05) is 52.7 Å². The van der Waals surface area contributed by atoms with Gasteiger partial charge in [0.05, 0.1) is 6.61 Å². The molecule has 0 aliphatic heterocycles. The zero-order valence-corrected chi connectivity index (χ0v) is 19.4. The molecule has 0 amide bonds. The van der Waals surface area contributed by atoms with Gasteiger partial charge in [0, 0.05) is 13.3 Å². The topological polar surface area (TPSA) is 52.6 Å². The first-order valence-corrected chi connectivity index (χ1v) is 12.7. The summed E-state index contributed by atoms with van der Waals surface area (Å²) in [6.07, 6.45) is 5.04. The van der Waals surface area contributed by atoms with Crippen molar-refractivity contribution in [1.29, 1.82) is 0 Å². The van der Waals surface area contributed by atoms with Crippen molar-refractivity contribution in [2.75, 3.05) is 6.61 Å². The number of hydrogen-bond acceptors (Lipinski definition) is 4. The van der Waals surface area contributed by atoms with Gasteiger partial charge in [-0.15, -0.1) is 0 Å². The number of esters is 1. The smallest absolute Gasteiger partial charge is 0.303 e. The summed E-state index contributed by atoms with van der Waals surface area (Å²) in [5.74, 6) is 0.114. The third kappa shape index (κ3) is 10.3. The predicted octanol–water partition coefficient (Wildman–Crippen LogP) is 5.67. The molecule has 0 saturated carbocycles. The van der Waals surface area contributed by atoms with Crippen LogP contribution in [-0.2, 0) is 18.8 Å². The highest BCUT2D eigenvalue weighted by Gasteiger charge is 2.38. The van der Waals surface area contributed by atoms with Crippen molar-refractivity contribution in [3.8, 4) is 0 Å². The van der Waals surface area contributed by atoms with Crippen molar-refractivity contribution in [3.63, 3.8) is 0 Å². The van der Waals surface area contributed by atoms with Crippen LogP contribution in [0.25, 0.3) is 0 Å². The Labute approximate surface area is 161 Å². The zero-order valence-electron chi connectivity index (χ0n) is 18.4. The van der Waals surface area contributed by atoms with E-state index in [1.807, 2.05) is 6.08 Å². The largest absolute Gasteiger partial charge is 0.454 e. The fraction of sp³-hybridized carbons (Fsp3) is 0.810. The Bertz CT molecular complexity index is 487. The lowest BCUT2D eigenvalue weighted by atomic mass is 10.0. The predicted molar refractivity (Wildman–Crippen MR) is 111 cm³/mol. The minimum Gasteiger partial charge on any atom is -0.454 e. The van der Waals surface area contributed by atoms with Gasteiger partial charge in [-0.2, -0.15) is 0 Å². The van der Waals surface area contributed by atoms with Crippen molar-refractivity contribution >= 4 is 20.1 Å². The average Bonchev–Trinajstić information content (AvgIpc) is 2.47. The number of ether oxygens (including phenoxy) is 1. The number of carbonyl (C=O) groups is 2. The number of rotatable bonds is 11. The Kier molecular flexibility index (Phi) is 10.6. The van der Waals surface area contributed by atoms with E-state index in [2.05, 4.69) is 54.6 Å². The third-order valence-corrected chi connectivity index (χ3v) is 9.56. The minimum absolute atomic E-state index is 0.00861. The molecule has 0 bridgehead atoms. The second kappa shape index (κ2) is 11.0. The SMILES string of the molecule is CC(=O)OC(CC=C(C)CCCC(C)C)C(=O)CO[Si](C)(C)C(C)(C)C. The molecule has 0 saturated heterocycles. The average molecular weight is 385 g/mol. The maximum absolute atomic E-state index is 12.6. The Morgan fingerprint density at radius 1 is 1.12 bits per heavy atom. The van der Waals surface area contributed by atoms with Crippen LogP contribution in [0.2, 0.25) is 18.1 Å². The molecule has 0 aliphatic carbocycles. The van der Waals surface area contributed by atoms with Gasteiger partial charge in [0.1, 0.15) is 0 Å². The van der Waals surface area contributed by atoms with E-state index in [1.54, 1.807) is 0 Å². The number of carbonyl (C=O) groups excluding carboxylic acids is 2. The number of hydrogen-bond donors (Lipinski definition) is 0. The highest BCUT2D eigenvalue weighted by atomic mass is 28.4. The molecule has 0 rings (SSSR count). The second-order valence-electron chi connectivity index (χ2n) is 9.19. The molecular formula is C21H40O4Si. The fourth-order valence-electron chi connectivity index (χ4n) is 2.21. The third-order valence-electron chi connectivity index (χ3n) is 5.08. The summed E-state index contributed by atoms with van der Waals surface area (Å²) >= 11 is 0. The first kappa shape index (κ1) is 25.1. The van der Waals surface area contributed by atoms with Gasteiger partial charge < -0.3 is 9.16 Å². The molecule has 0 aliphatic rings. The van der Waals surface area contributed by atoms with Crippen molar-refractivity contribution in [3.05, 3.63) is 11.6 Å². The summed E-state index contributed by atoms with van der Waals surface area (Å²) in [6, 6.07) is 0. The Balaban J connectivity index is 4.77. The van der Waals surface area contributed by atoms with Gasteiger partial charge >= 0.3 is 5.97 Å². The van der Waals surface area contributed by atoms with E-state index in [4.69, 9.17) is 9.16 Å². The van der Waals surface area contributed by atoms with E-state index >= 15 is 0 Å². The molecule has 4 nitrogen and oxygen atoms in total. The van der Waals surface area contributed by atoms with E-state index in [0.29, 0.717) is 12.3 Å². The molecule has 0 aromatic heterocycles. The van der Waals surface area contributed by atoms with Crippen molar-refractivity contribution in [2.45, 2.75) is 98.4 Å². The van der Waals surface area contributed by atoms with Crippen LogP contribution in [0, 0.1) is 5.92 Å². The van der Waals surface area contributed by atoms with Crippen LogP contribution < -0.4 is 0 Å². The molecule has 0 aromatic carbocycles. The molecule has 0 radical (unpaired) electrons. The van der Waals surface area contributed by atoms with Gasteiger partial charge in [-0.3, -0.25) is 9.59 Å². The summed E-state index contributed by atoms with van der Waals surface area (Å²) in [5, 5.41) is 0.0388. The standard InChI is InChI=1S/C21H40O4Si/c1-16(2)11-10-12-17(3)13-14-20(25-18(4)22)19(23)15-24-26(8,9)21(5,6)7/h13,16,20H,10-12,14-15H2,1-9H3. The molecule has 26 heavy (non-hydrogen) atoms. The lowest BCUT2D eigenvalue weighted by molar-refractivity contribution is -0.153. The molecule has 1 unspecified atom stereocenters. The van der Waals surface area contributed by atoms with Crippen molar-refractivity contribution in [1.82, 2.24) is 0 Å². The summed E-state index contributed by atoms with van der Waals surface area (Å²) in [6.45, 7) is 18.5. The first-order chi connectivity index (χ1) is 11.8. The number of Topliss-reactive ketones (excluding diaryl/α,β-unsaturated/α-hetero) is 1. The fourth-order valence-corrected chi connectivity index (χ4v) is 3.14. The molecule has 0 spiro atoms. The molecule has 1 atom stereocenters. The molecule has 0 fully saturated rings. The molecule has 5 heteroatoms. The summed E-state index contributed by atoms with van der Waals surface area (Å²) < 4.78 is 11.3. The van der Waals surface area contributed by atoms with Gasteiger partial charge in [0.2, 0.25) is 0 Å². The summed E-state index contributed by atoms with van der Waals surface area (Å²) in [7, 11) is -2.00. The number of ketones is 1. The number of allylic oxidation sites excluding steroid dienone is 1. The van der Waals surface area contributed by atoms with Crippen LogP contribution in [0.15, 0.2) is 11.6 Å². The normalized spacial score (nSPS) is 14.5. The second-order valence-corrected chi connectivity index (χ2v) is 14.0. The lowest BCUT2D eigenvalue weighted by Gasteiger charge is -2.36. The van der Waals surface area contributed by atoms with Gasteiger partial charge in [0.25, 0.3) is 0 Å². The van der Waals surface area contributed by atoms with Crippen LogP contribution in [-0.4, -0.2) is 32.8 Å². The van der Waals surface area contributed by atoms with Crippen molar-refractivity contribution < 1.29 is 18.8 Å². The first-order valence-electron chi connectivity index (χ1n) is 9.75. The van der Waals surface area contributed by atoms with Crippen LogP contribution in [0.4, 0.5) is 0 Å². The maximum atomic E-state index is 12.6. The lowest BCUT2D eigenvalue weighted by Crippen LogP contribution is -2.43. The molecule has 0 N–H and O–H groups in total. The Hall–Kier alpha value is -0.943.